The van der Waals surface area contributed by atoms with Crippen LogP contribution in [0.2, 0.25) is 0 Å². The van der Waals surface area contributed by atoms with E-state index in [4.69, 9.17) is 43.8 Å². The first-order valence-electron chi connectivity index (χ1n) is 14.6. The maximum absolute atomic E-state index is 12.0. The minimum Gasteiger partial charge on any atom is -0.487 e. The van der Waals surface area contributed by atoms with Crippen LogP contribution in [0.1, 0.15) is 12.0 Å². The zero-order valence-electron chi connectivity index (χ0n) is 24.8. The molecule has 3 aromatic rings. The highest BCUT2D eigenvalue weighted by Crippen LogP contribution is 2.30. The first-order valence-corrected chi connectivity index (χ1v) is 14.6. The lowest BCUT2D eigenvalue weighted by molar-refractivity contribution is -0.171. The maximum Gasteiger partial charge on any atom is 0.417 e. The number of nitriles is 1. The summed E-state index contributed by atoms with van der Waals surface area (Å²) >= 11 is 0. The van der Waals surface area contributed by atoms with Crippen LogP contribution >= 0.6 is 0 Å². The molecule has 2 atom stereocenters. The van der Waals surface area contributed by atoms with E-state index in [1.165, 1.54) is 12.5 Å². The van der Waals surface area contributed by atoms with Crippen LogP contribution in [0.3, 0.4) is 0 Å². The molecule has 244 valence electrons. The predicted octanol–water partition coefficient (Wildman–Crippen LogP) is 0.155. The molecule has 0 aromatic carbocycles. The Kier molecular flexibility index (Phi) is 11.2. The molecule has 3 aromatic heterocycles. The molecule has 5 rings (SSSR count). The van der Waals surface area contributed by atoms with Crippen LogP contribution in [-0.4, -0.2) is 132 Å². The molecule has 2 N–H and O–H groups in total. The van der Waals surface area contributed by atoms with Crippen molar-refractivity contribution in [2.24, 2.45) is 0 Å². The number of nitrogens with zero attached hydrogens (tertiary/aromatic N) is 6. The van der Waals surface area contributed by atoms with Gasteiger partial charge in [-0.1, -0.05) is 0 Å². The van der Waals surface area contributed by atoms with E-state index in [1.807, 2.05) is 11.0 Å². The predicted molar refractivity (Wildman–Crippen MR) is 156 cm³/mol. The first-order chi connectivity index (χ1) is 22.4. The Morgan fingerprint density at radius 2 is 1.91 bits per heavy atom. The van der Waals surface area contributed by atoms with E-state index >= 15 is 0 Å². The number of carboxylic acids is 1. The lowest BCUT2D eigenvalue weighted by Crippen LogP contribution is -2.45. The largest absolute Gasteiger partial charge is 0.487 e. The smallest absolute Gasteiger partial charge is 0.417 e. The summed E-state index contributed by atoms with van der Waals surface area (Å²) in [5, 5.41) is 21.4. The second-order valence-electron chi connectivity index (χ2n) is 10.2. The van der Waals surface area contributed by atoms with Gasteiger partial charge in [0.25, 0.3) is 0 Å². The summed E-state index contributed by atoms with van der Waals surface area (Å²) in [6, 6.07) is 6.45. The van der Waals surface area contributed by atoms with Gasteiger partial charge in [0.2, 0.25) is 0 Å². The van der Waals surface area contributed by atoms with Gasteiger partial charge in [-0.05, 0) is 18.6 Å². The molecule has 0 amide bonds. The topological polar surface area (TPSA) is 209 Å². The lowest BCUT2D eigenvalue weighted by atomic mass is 10.1. The summed E-state index contributed by atoms with van der Waals surface area (Å²) < 4.78 is 34.3. The third kappa shape index (κ3) is 8.63. The second-order valence-corrected chi connectivity index (χ2v) is 10.2. The fourth-order valence-corrected chi connectivity index (χ4v) is 4.77. The number of carbonyl (C=O) groups excluding carboxylic acids is 2. The highest BCUT2D eigenvalue weighted by molar-refractivity contribution is 6.28. The van der Waals surface area contributed by atoms with E-state index in [1.54, 1.807) is 22.8 Å². The molecular weight excluding hydrogens is 606 g/mol. The minimum atomic E-state index is -1.71. The van der Waals surface area contributed by atoms with Crippen molar-refractivity contribution in [1.29, 1.82) is 5.26 Å². The van der Waals surface area contributed by atoms with Gasteiger partial charge in [0, 0.05) is 32.0 Å². The third-order valence-electron chi connectivity index (χ3n) is 7.10. The van der Waals surface area contributed by atoms with Gasteiger partial charge >= 0.3 is 17.9 Å². The Hall–Kier alpha value is -4.89. The summed E-state index contributed by atoms with van der Waals surface area (Å²) in [6.45, 7) is 3.70. The van der Waals surface area contributed by atoms with Crippen LogP contribution in [0.15, 0.2) is 30.7 Å². The second kappa shape index (κ2) is 15.9. The highest BCUT2D eigenvalue weighted by atomic mass is 16.6. The van der Waals surface area contributed by atoms with Gasteiger partial charge in [-0.3, -0.25) is 14.3 Å². The number of anilines is 1. The zero-order chi connectivity index (χ0) is 32.3. The average Bonchev–Trinajstić information content (AvgIpc) is 3.48. The molecule has 0 saturated carbocycles. The van der Waals surface area contributed by atoms with Gasteiger partial charge in [0.1, 0.15) is 43.0 Å². The Bertz CT molecular complexity index is 1550. The Morgan fingerprint density at radius 1 is 1.09 bits per heavy atom. The Labute approximate surface area is 262 Å². The summed E-state index contributed by atoms with van der Waals surface area (Å²) in [6.07, 6.45) is 2.46. The van der Waals surface area contributed by atoms with E-state index in [0.29, 0.717) is 67.6 Å². The number of aromatic nitrogens is 4. The van der Waals surface area contributed by atoms with E-state index in [-0.39, 0.29) is 51.4 Å². The normalized spacial score (nSPS) is 18.4. The number of carbonyl (C=O) groups is 3. The van der Waals surface area contributed by atoms with Crippen molar-refractivity contribution in [2.75, 3.05) is 77.8 Å². The molecular formula is C29H33N7O10. The Morgan fingerprint density at radius 3 is 2.67 bits per heavy atom. The molecule has 17 heteroatoms. The van der Waals surface area contributed by atoms with Gasteiger partial charge in [-0.2, -0.15) is 5.26 Å². The van der Waals surface area contributed by atoms with Crippen LogP contribution in [0.25, 0.3) is 17.0 Å². The fraction of sp³-hybridized carbons (Fsp3) is 0.483. The lowest BCUT2D eigenvalue weighted by Gasteiger charge is -2.32. The number of imidazole rings is 1. The van der Waals surface area contributed by atoms with E-state index in [9.17, 15) is 14.4 Å². The van der Waals surface area contributed by atoms with Crippen molar-refractivity contribution in [3.05, 3.63) is 36.3 Å². The molecule has 2 saturated heterocycles. The van der Waals surface area contributed by atoms with Crippen LogP contribution < -0.4 is 10.1 Å². The number of hydrogen-bond acceptors (Lipinski definition) is 15. The number of fused-ring (bicyclic) bond motifs is 1. The molecule has 0 spiro atoms. The highest BCUT2D eigenvalue weighted by Gasteiger charge is 2.32. The number of morpholine rings is 1. The van der Waals surface area contributed by atoms with Crippen molar-refractivity contribution >= 4 is 34.9 Å². The minimum absolute atomic E-state index is 0.00687. The quantitative estimate of drug-likeness (QED) is 0.145. The van der Waals surface area contributed by atoms with E-state index < -0.39 is 24.1 Å². The maximum atomic E-state index is 12.0. The van der Waals surface area contributed by atoms with Crippen molar-refractivity contribution < 1.29 is 47.9 Å². The van der Waals surface area contributed by atoms with Crippen molar-refractivity contribution in [1.82, 2.24) is 24.4 Å². The van der Waals surface area contributed by atoms with Crippen LogP contribution in [0.5, 0.6) is 5.75 Å². The van der Waals surface area contributed by atoms with Crippen molar-refractivity contribution in [2.45, 2.75) is 18.6 Å². The third-order valence-corrected chi connectivity index (χ3v) is 7.10. The van der Waals surface area contributed by atoms with E-state index in [0.717, 1.165) is 0 Å². The number of nitrogens with one attached hydrogen (secondary N) is 1. The molecule has 2 fully saturated rings. The number of esters is 2. The van der Waals surface area contributed by atoms with Crippen LogP contribution in [0.4, 0.5) is 5.82 Å². The number of aliphatic carboxylic acids is 1. The molecule has 0 aliphatic carbocycles. The fourth-order valence-electron chi connectivity index (χ4n) is 4.77. The number of hydrogen-bond donors (Lipinski definition) is 2. The number of rotatable bonds is 13. The number of carboxylic acid groups (broad SMARTS) is 1. The number of ether oxygens (including phenoxy) is 6. The molecule has 46 heavy (non-hydrogen) atoms. The summed E-state index contributed by atoms with van der Waals surface area (Å²) in [5.74, 6) is -2.35. The summed E-state index contributed by atoms with van der Waals surface area (Å²) in [7, 11) is 0. The average molecular weight is 640 g/mol. The molecule has 2 aliphatic heterocycles. The van der Waals surface area contributed by atoms with Gasteiger partial charge in [-0.15, -0.1) is 0 Å². The molecule has 0 bridgehead atoms. The van der Waals surface area contributed by atoms with Crippen molar-refractivity contribution in [3.8, 4) is 17.6 Å². The monoisotopic (exact) mass is 639 g/mol. The molecule has 2 unspecified atom stereocenters. The molecule has 5 heterocycles. The Balaban J connectivity index is 1.24. The SMILES string of the molecule is N#Cc1ccc(-n2cnc3cc(OCCOCCOC(=O)CN4CCOCC4)c(NC4CCOCC4OC(=O)C(=O)O)nc32)nc1. The van der Waals surface area contributed by atoms with Gasteiger partial charge in [0.05, 0.1) is 51.2 Å². The number of pyridine rings is 2. The molecule has 0 radical (unpaired) electrons. The summed E-state index contributed by atoms with van der Waals surface area (Å²) in [4.78, 5) is 50.4. The first kappa shape index (κ1) is 32.5. The van der Waals surface area contributed by atoms with Crippen molar-refractivity contribution in [3.63, 3.8) is 0 Å². The summed E-state index contributed by atoms with van der Waals surface area (Å²) in [5.41, 5.74) is 1.31. The van der Waals surface area contributed by atoms with E-state index in [2.05, 4.69) is 15.3 Å². The van der Waals surface area contributed by atoms with Crippen LogP contribution in [0, 0.1) is 11.3 Å². The van der Waals surface area contributed by atoms with Gasteiger partial charge in [0.15, 0.2) is 17.2 Å². The zero-order valence-corrected chi connectivity index (χ0v) is 24.8. The molecule has 17 nitrogen and oxygen atoms in total. The van der Waals surface area contributed by atoms with Gasteiger partial charge < -0.3 is 38.8 Å². The molecule has 2 aliphatic rings. The standard InChI is InChI=1S/C29H33N7O10/c30-14-19-1-2-24(31-15-19)36-18-32-21-13-22(44-11-9-42-10-12-45-25(37)16-35-4-7-41-8-5-35)26(34-27(21)36)33-20-3-6-43-17-23(20)46-29(40)28(38)39/h1-2,13,15,18,20,23H,3-12,16-17H2,(H,33,34)(H,38,39). The van der Waals surface area contributed by atoms with Gasteiger partial charge in [-0.25, -0.2) is 24.5 Å². The van der Waals surface area contributed by atoms with Crippen LogP contribution in [-0.2, 0) is 38.1 Å².